The zero-order valence-electron chi connectivity index (χ0n) is 23.4. The van der Waals surface area contributed by atoms with Crippen LogP contribution in [-0.4, -0.2) is 82.3 Å². The van der Waals surface area contributed by atoms with E-state index in [4.69, 9.17) is 4.74 Å². The first-order valence-electron chi connectivity index (χ1n) is 14.0. The maximum Gasteiger partial charge on any atom is 0.276 e. The number of carbonyl (C=O) groups is 3. The maximum absolute atomic E-state index is 13.8. The highest BCUT2D eigenvalue weighted by molar-refractivity contribution is 5.97. The van der Waals surface area contributed by atoms with Crippen LogP contribution in [-0.2, 0) is 4.79 Å². The molecule has 3 amide bonds. The standard InChI is InChI=1S/C30H35FN6O4/c1-21-26(33-34-37(21)23-11-9-22(31)10-12-23)28(39)36-17-14-30(15-18-36)13-5-6-16-32-27(38)24-7-3-4-8-25(24)41-20-19-35(2)29(30)40/h3-4,7-12H,5-6,13-20H2,1-2H3,(H,32,38). The molecule has 2 aromatic carbocycles. The SMILES string of the molecule is Cc1c(C(=O)N2CCC3(CCCCNC(=O)c4ccccc4OCCN(C)C3=O)CC2)nnn1-c1ccc(F)cc1. The molecule has 1 saturated heterocycles. The van der Waals surface area contributed by atoms with E-state index >= 15 is 0 Å². The number of amides is 3. The van der Waals surface area contributed by atoms with Crippen molar-refractivity contribution in [2.75, 3.05) is 39.8 Å². The van der Waals surface area contributed by atoms with E-state index in [1.54, 1.807) is 54.1 Å². The van der Waals surface area contributed by atoms with Gasteiger partial charge < -0.3 is 19.9 Å². The van der Waals surface area contributed by atoms with Gasteiger partial charge in [0.25, 0.3) is 11.8 Å². The molecule has 5 rings (SSSR count). The summed E-state index contributed by atoms with van der Waals surface area (Å²) in [6.45, 7) is 3.74. The molecule has 3 aromatic rings. The molecule has 0 saturated carbocycles. The van der Waals surface area contributed by atoms with Crippen LogP contribution in [0.4, 0.5) is 4.39 Å². The Labute approximate surface area is 238 Å². The summed E-state index contributed by atoms with van der Waals surface area (Å²) in [5.74, 6) is -0.208. The molecule has 0 radical (unpaired) electrons. The summed E-state index contributed by atoms with van der Waals surface area (Å²) in [5, 5.41) is 11.2. The lowest BCUT2D eigenvalue weighted by Crippen LogP contribution is -2.51. The van der Waals surface area contributed by atoms with Crippen molar-refractivity contribution in [3.63, 3.8) is 0 Å². The number of para-hydroxylation sites is 1. The molecule has 0 aliphatic carbocycles. The summed E-state index contributed by atoms with van der Waals surface area (Å²) in [7, 11) is 1.78. The summed E-state index contributed by atoms with van der Waals surface area (Å²) >= 11 is 0. The van der Waals surface area contributed by atoms with Gasteiger partial charge >= 0.3 is 0 Å². The van der Waals surface area contributed by atoms with Crippen molar-refractivity contribution in [3.05, 3.63) is 71.3 Å². The van der Waals surface area contributed by atoms with Crippen LogP contribution in [0.1, 0.15) is 58.6 Å². The molecule has 1 fully saturated rings. The molecule has 0 bridgehead atoms. The van der Waals surface area contributed by atoms with Crippen molar-refractivity contribution in [1.82, 2.24) is 30.1 Å². The Balaban J connectivity index is 1.27. The lowest BCUT2D eigenvalue weighted by atomic mass is 9.73. The molecule has 1 N–H and O–H groups in total. The lowest BCUT2D eigenvalue weighted by molar-refractivity contribution is -0.144. The van der Waals surface area contributed by atoms with E-state index < -0.39 is 5.41 Å². The molecule has 216 valence electrons. The quantitative estimate of drug-likeness (QED) is 0.513. The molecule has 0 unspecified atom stereocenters. The van der Waals surface area contributed by atoms with Gasteiger partial charge in [-0.15, -0.1) is 5.10 Å². The third kappa shape index (κ3) is 5.94. The highest BCUT2D eigenvalue weighted by atomic mass is 19.1. The number of nitrogens with zero attached hydrogens (tertiary/aromatic N) is 5. The van der Waals surface area contributed by atoms with E-state index in [2.05, 4.69) is 15.6 Å². The van der Waals surface area contributed by atoms with Crippen molar-refractivity contribution in [1.29, 1.82) is 0 Å². The average molecular weight is 563 g/mol. The fourth-order valence-electron chi connectivity index (χ4n) is 5.68. The molecule has 1 spiro atoms. The summed E-state index contributed by atoms with van der Waals surface area (Å²) in [6, 6.07) is 13.0. The number of likely N-dealkylation sites (N-methyl/N-ethyl adjacent to an activating group) is 1. The third-order valence-corrected chi connectivity index (χ3v) is 8.16. The third-order valence-electron chi connectivity index (χ3n) is 8.16. The Morgan fingerprint density at radius 1 is 1.00 bits per heavy atom. The first-order valence-corrected chi connectivity index (χ1v) is 14.0. The normalized spacial score (nSPS) is 18.3. The van der Waals surface area contributed by atoms with Gasteiger partial charge in [-0.1, -0.05) is 23.8 Å². The molecular weight excluding hydrogens is 527 g/mol. The van der Waals surface area contributed by atoms with E-state index in [-0.39, 0.29) is 35.8 Å². The van der Waals surface area contributed by atoms with Crippen molar-refractivity contribution in [2.24, 2.45) is 5.41 Å². The van der Waals surface area contributed by atoms with Gasteiger partial charge in [0.15, 0.2) is 5.69 Å². The Morgan fingerprint density at radius 2 is 1.73 bits per heavy atom. The van der Waals surface area contributed by atoms with Gasteiger partial charge in [0.1, 0.15) is 18.2 Å². The van der Waals surface area contributed by atoms with E-state index in [0.717, 1.165) is 12.8 Å². The van der Waals surface area contributed by atoms with Crippen LogP contribution in [0.25, 0.3) is 5.69 Å². The highest BCUT2D eigenvalue weighted by Gasteiger charge is 2.43. The Bertz CT molecular complexity index is 1410. The van der Waals surface area contributed by atoms with Crippen molar-refractivity contribution < 1.29 is 23.5 Å². The van der Waals surface area contributed by atoms with Crippen LogP contribution in [0, 0.1) is 18.2 Å². The Morgan fingerprint density at radius 3 is 2.49 bits per heavy atom. The minimum absolute atomic E-state index is 0.0565. The number of fused-ring (bicyclic) bond motifs is 1. The van der Waals surface area contributed by atoms with Crippen LogP contribution in [0.15, 0.2) is 48.5 Å². The molecule has 11 heteroatoms. The molecule has 3 heterocycles. The van der Waals surface area contributed by atoms with E-state index in [9.17, 15) is 18.8 Å². The topological polar surface area (TPSA) is 110 Å². The number of hydrogen-bond donors (Lipinski definition) is 1. The minimum atomic E-state index is -0.599. The van der Waals surface area contributed by atoms with Gasteiger partial charge in [-0.05, 0) is 69.0 Å². The summed E-state index contributed by atoms with van der Waals surface area (Å²) in [4.78, 5) is 43.4. The number of aromatic nitrogens is 3. The van der Waals surface area contributed by atoms with E-state index in [1.807, 2.05) is 6.07 Å². The number of ether oxygens (including phenoxy) is 1. The van der Waals surface area contributed by atoms with Gasteiger partial charge in [0.2, 0.25) is 5.91 Å². The molecular formula is C30H35FN6O4. The molecule has 0 atom stereocenters. The van der Waals surface area contributed by atoms with Crippen LogP contribution in [0.2, 0.25) is 0 Å². The van der Waals surface area contributed by atoms with Crippen LogP contribution < -0.4 is 10.1 Å². The largest absolute Gasteiger partial charge is 0.491 e. The minimum Gasteiger partial charge on any atom is -0.491 e. The first-order chi connectivity index (χ1) is 19.8. The number of nitrogens with one attached hydrogen (secondary N) is 1. The Hall–Kier alpha value is -4.28. The molecule has 10 nitrogen and oxygen atoms in total. The summed E-state index contributed by atoms with van der Waals surface area (Å²) in [5.41, 5.74) is 1.32. The monoisotopic (exact) mass is 562 g/mol. The van der Waals surface area contributed by atoms with Gasteiger partial charge in [-0.3, -0.25) is 14.4 Å². The van der Waals surface area contributed by atoms with Crippen molar-refractivity contribution >= 4 is 17.7 Å². The predicted molar refractivity (Wildman–Crippen MR) is 149 cm³/mol. The van der Waals surface area contributed by atoms with Gasteiger partial charge in [0, 0.05) is 26.7 Å². The highest BCUT2D eigenvalue weighted by Crippen LogP contribution is 2.39. The second kappa shape index (κ2) is 12.1. The second-order valence-electron chi connectivity index (χ2n) is 10.8. The summed E-state index contributed by atoms with van der Waals surface area (Å²) < 4.78 is 20.8. The molecule has 2 aliphatic rings. The average Bonchev–Trinajstić information content (AvgIpc) is 3.37. The molecule has 1 aromatic heterocycles. The van der Waals surface area contributed by atoms with Crippen molar-refractivity contribution in [2.45, 2.75) is 39.0 Å². The van der Waals surface area contributed by atoms with Crippen LogP contribution in [0.5, 0.6) is 5.75 Å². The second-order valence-corrected chi connectivity index (χ2v) is 10.8. The first kappa shape index (κ1) is 28.3. The van der Waals surface area contributed by atoms with E-state index in [1.165, 1.54) is 16.8 Å². The number of benzene rings is 2. The number of likely N-dealkylation sites (tertiary alicyclic amines) is 1. The smallest absolute Gasteiger partial charge is 0.276 e. The predicted octanol–water partition coefficient (Wildman–Crippen LogP) is 3.39. The molecule has 41 heavy (non-hydrogen) atoms. The zero-order chi connectivity index (χ0) is 29.0. The van der Waals surface area contributed by atoms with Gasteiger partial charge in [0.05, 0.1) is 28.9 Å². The van der Waals surface area contributed by atoms with Gasteiger partial charge in [-0.2, -0.15) is 0 Å². The molecule has 2 aliphatic heterocycles. The lowest BCUT2D eigenvalue weighted by Gasteiger charge is -2.42. The van der Waals surface area contributed by atoms with Crippen LogP contribution in [0.3, 0.4) is 0 Å². The zero-order valence-corrected chi connectivity index (χ0v) is 23.4. The number of piperidine rings is 1. The maximum atomic E-state index is 13.8. The number of hydrogen-bond acceptors (Lipinski definition) is 6. The number of rotatable bonds is 2. The number of carbonyl (C=O) groups excluding carboxylic acids is 3. The van der Waals surface area contributed by atoms with E-state index in [0.29, 0.717) is 68.1 Å². The van der Waals surface area contributed by atoms with Crippen molar-refractivity contribution in [3.8, 4) is 11.4 Å². The summed E-state index contributed by atoms with van der Waals surface area (Å²) in [6.07, 6.45) is 3.25. The fourth-order valence-corrected chi connectivity index (χ4v) is 5.68. The Kier molecular flexibility index (Phi) is 8.32. The van der Waals surface area contributed by atoms with Gasteiger partial charge in [-0.25, -0.2) is 9.07 Å². The van der Waals surface area contributed by atoms with Crippen LogP contribution >= 0.6 is 0 Å². The number of halogens is 1. The fraction of sp³-hybridized carbons (Fsp3) is 0.433.